The third kappa shape index (κ3) is 2.89. The topological polar surface area (TPSA) is 50.5 Å². The number of fused-ring (bicyclic) bond motifs is 2. The van der Waals surface area contributed by atoms with E-state index in [4.69, 9.17) is 16.0 Å². The van der Waals surface area contributed by atoms with Crippen molar-refractivity contribution >= 4 is 50.1 Å². The fourth-order valence-corrected chi connectivity index (χ4v) is 4.20. The fourth-order valence-electron chi connectivity index (χ4n) is 3.76. The van der Waals surface area contributed by atoms with Crippen molar-refractivity contribution in [2.75, 3.05) is 4.90 Å². The number of nitrogens with zero attached hydrogens (tertiary/aromatic N) is 1. The monoisotopic (exact) mass is 465 g/mol. The van der Waals surface area contributed by atoms with Crippen LogP contribution in [0.15, 0.2) is 86.5 Å². The lowest BCUT2D eigenvalue weighted by Crippen LogP contribution is -2.29. The van der Waals surface area contributed by atoms with Crippen LogP contribution in [0.4, 0.5) is 5.69 Å². The number of amides is 1. The highest BCUT2D eigenvalue weighted by molar-refractivity contribution is 9.10. The van der Waals surface area contributed by atoms with Gasteiger partial charge in [0.25, 0.3) is 5.91 Å². The third-order valence-electron chi connectivity index (χ3n) is 5.05. The number of anilines is 1. The standard InChI is InChI=1S/C23H13BrClNO3/c24-14-8-6-13(7-9-14)20-19-21(27)17-12-15(25)10-11-18(17)29-22(19)23(28)26(20)16-4-2-1-3-5-16/h1-12,20H. The van der Waals surface area contributed by atoms with Gasteiger partial charge in [-0.25, -0.2) is 0 Å². The van der Waals surface area contributed by atoms with Crippen molar-refractivity contribution in [1.82, 2.24) is 0 Å². The van der Waals surface area contributed by atoms with Crippen LogP contribution in [0.1, 0.15) is 27.7 Å². The van der Waals surface area contributed by atoms with E-state index in [1.54, 1.807) is 23.1 Å². The van der Waals surface area contributed by atoms with E-state index >= 15 is 0 Å². The Kier molecular flexibility index (Phi) is 4.30. The first-order valence-corrected chi connectivity index (χ1v) is 10.1. The number of hydrogen-bond acceptors (Lipinski definition) is 3. The van der Waals surface area contributed by atoms with Crippen LogP contribution in [0.2, 0.25) is 5.02 Å². The zero-order valence-corrected chi connectivity index (χ0v) is 17.3. The molecule has 0 radical (unpaired) electrons. The molecule has 6 heteroatoms. The number of benzene rings is 3. The molecule has 0 saturated heterocycles. The first-order valence-electron chi connectivity index (χ1n) is 8.95. The minimum Gasteiger partial charge on any atom is -0.450 e. The molecule has 29 heavy (non-hydrogen) atoms. The zero-order valence-electron chi connectivity index (χ0n) is 14.9. The Morgan fingerprint density at radius 1 is 0.931 bits per heavy atom. The molecule has 1 aliphatic heterocycles. The molecule has 3 aromatic carbocycles. The number of hydrogen-bond donors (Lipinski definition) is 0. The molecule has 1 unspecified atom stereocenters. The van der Waals surface area contributed by atoms with E-state index in [0.717, 1.165) is 10.0 Å². The first kappa shape index (κ1) is 18.2. The van der Waals surface area contributed by atoms with Crippen molar-refractivity contribution in [1.29, 1.82) is 0 Å². The van der Waals surface area contributed by atoms with Crippen LogP contribution in [0.3, 0.4) is 0 Å². The summed E-state index contributed by atoms with van der Waals surface area (Å²) in [4.78, 5) is 28.4. The van der Waals surface area contributed by atoms with Crippen molar-refractivity contribution < 1.29 is 9.21 Å². The maximum atomic E-state index is 13.4. The molecule has 1 amide bonds. The predicted molar refractivity (Wildman–Crippen MR) is 117 cm³/mol. The van der Waals surface area contributed by atoms with Crippen molar-refractivity contribution in [2.24, 2.45) is 0 Å². The van der Waals surface area contributed by atoms with Gasteiger partial charge >= 0.3 is 0 Å². The lowest BCUT2D eigenvalue weighted by Gasteiger charge is -2.25. The molecule has 4 aromatic rings. The number of rotatable bonds is 2. The molecule has 0 bridgehead atoms. The van der Waals surface area contributed by atoms with Gasteiger partial charge in [-0.3, -0.25) is 14.5 Å². The second-order valence-electron chi connectivity index (χ2n) is 6.78. The molecule has 0 aliphatic carbocycles. The summed E-state index contributed by atoms with van der Waals surface area (Å²) >= 11 is 9.54. The van der Waals surface area contributed by atoms with Crippen LogP contribution < -0.4 is 10.3 Å². The Labute approximate surface area is 179 Å². The van der Waals surface area contributed by atoms with Crippen LogP contribution in [-0.4, -0.2) is 5.91 Å². The Hall–Kier alpha value is -2.89. The van der Waals surface area contributed by atoms with Gasteiger partial charge in [0, 0.05) is 15.2 Å². The van der Waals surface area contributed by atoms with Gasteiger partial charge in [-0.15, -0.1) is 0 Å². The van der Waals surface area contributed by atoms with E-state index < -0.39 is 6.04 Å². The van der Waals surface area contributed by atoms with Gasteiger partial charge in [-0.2, -0.15) is 0 Å². The van der Waals surface area contributed by atoms with E-state index in [9.17, 15) is 9.59 Å². The average molecular weight is 467 g/mol. The number of para-hydroxylation sites is 1. The van der Waals surface area contributed by atoms with Gasteiger partial charge < -0.3 is 4.42 Å². The van der Waals surface area contributed by atoms with Crippen LogP contribution in [0, 0.1) is 0 Å². The Morgan fingerprint density at radius 3 is 2.38 bits per heavy atom. The lowest BCUT2D eigenvalue weighted by atomic mass is 9.98. The molecule has 1 aromatic heterocycles. The third-order valence-corrected chi connectivity index (χ3v) is 5.82. The van der Waals surface area contributed by atoms with Gasteiger partial charge in [0.2, 0.25) is 5.76 Å². The normalized spacial score (nSPS) is 15.7. The molecule has 142 valence electrons. The smallest absolute Gasteiger partial charge is 0.295 e. The minimum atomic E-state index is -0.590. The Morgan fingerprint density at radius 2 is 1.66 bits per heavy atom. The highest BCUT2D eigenvalue weighted by atomic mass is 79.9. The summed E-state index contributed by atoms with van der Waals surface area (Å²) in [6.07, 6.45) is 0. The zero-order chi connectivity index (χ0) is 20.1. The molecule has 4 nitrogen and oxygen atoms in total. The van der Waals surface area contributed by atoms with Gasteiger partial charge in [-0.1, -0.05) is 57.9 Å². The fraction of sp³-hybridized carbons (Fsp3) is 0.0435. The summed E-state index contributed by atoms with van der Waals surface area (Å²) in [6, 6.07) is 21.1. The Balaban J connectivity index is 1.83. The predicted octanol–water partition coefficient (Wildman–Crippen LogP) is 5.96. The largest absolute Gasteiger partial charge is 0.450 e. The lowest BCUT2D eigenvalue weighted by molar-refractivity contribution is 0.0971. The molecule has 0 fully saturated rings. The highest BCUT2D eigenvalue weighted by Crippen LogP contribution is 2.41. The quantitative estimate of drug-likeness (QED) is 0.366. The number of carbonyl (C=O) groups excluding carboxylic acids is 1. The SMILES string of the molecule is O=C1c2oc3ccc(Cl)cc3c(=O)c2C(c2ccc(Br)cc2)N1c1ccccc1. The summed E-state index contributed by atoms with van der Waals surface area (Å²) in [5, 5.41) is 0.801. The van der Waals surface area contributed by atoms with Crippen LogP contribution in [0.25, 0.3) is 11.0 Å². The summed E-state index contributed by atoms with van der Waals surface area (Å²) in [5.41, 5.74) is 1.94. The molecule has 1 atom stereocenters. The second-order valence-corrected chi connectivity index (χ2v) is 8.13. The summed E-state index contributed by atoms with van der Waals surface area (Å²) in [5.74, 6) is -0.269. The van der Waals surface area contributed by atoms with E-state index in [2.05, 4.69) is 15.9 Å². The van der Waals surface area contributed by atoms with Crippen molar-refractivity contribution in [2.45, 2.75) is 6.04 Å². The molecule has 0 N–H and O–H groups in total. The molecular weight excluding hydrogens is 454 g/mol. The van der Waals surface area contributed by atoms with E-state index in [1.807, 2.05) is 54.6 Å². The number of carbonyl (C=O) groups is 1. The maximum absolute atomic E-state index is 13.4. The van der Waals surface area contributed by atoms with Gasteiger partial charge in [0.1, 0.15) is 5.58 Å². The van der Waals surface area contributed by atoms with Gasteiger partial charge in [-0.05, 0) is 48.0 Å². The first-order chi connectivity index (χ1) is 14.0. The average Bonchev–Trinajstić information content (AvgIpc) is 3.03. The van der Waals surface area contributed by atoms with Gasteiger partial charge in [0.15, 0.2) is 5.43 Å². The minimum absolute atomic E-state index is 0.0709. The molecule has 5 rings (SSSR count). The van der Waals surface area contributed by atoms with E-state index in [0.29, 0.717) is 27.2 Å². The van der Waals surface area contributed by atoms with Crippen molar-refractivity contribution in [3.05, 3.63) is 109 Å². The summed E-state index contributed by atoms with van der Waals surface area (Å²) < 4.78 is 6.83. The van der Waals surface area contributed by atoms with Crippen LogP contribution >= 0.6 is 27.5 Å². The Bertz CT molecular complexity index is 1320. The second kappa shape index (κ2) is 6.87. The van der Waals surface area contributed by atoms with Crippen molar-refractivity contribution in [3.8, 4) is 0 Å². The van der Waals surface area contributed by atoms with E-state index in [1.165, 1.54) is 0 Å². The molecule has 1 aliphatic rings. The molecule has 0 saturated carbocycles. The van der Waals surface area contributed by atoms with Crippen LogP contribution in [-0.2, 0) is 0 Å². The van der Waals surface area contributed by atoms with Crippen LogP contribution in [0.5, 0.6) is 0 Å². The summed E-state index contributed by atoms with van der Waals surface area (Å²) in [6.45, 7) is 0. The highest BCUT2D eigenvalue weighted by Gasteiger charge is 2.43. The van der Waals surface area contributed by atoms with Gasteiger partial charge in [0.05, 0.1) is 17.0 Å². The molecular formula is C23H13BrClNO3. The maximum Gasteiger partial charge on any atom is 0.295 e. The van der Waals surface area contributed by atoms with E-state index in [-0.39, 0.29) is 17.1 Å². The molecule has 2 heterocycles. The van der Waals surface area contributed by atoms with Crippen molar-refractivity contribution in [3.63, 3.8) is 0 Å². The summed E-state index contributed by atoms with van der Waals surface area (Å²) in [7, 11) is 0. The molecule has 0 spiro atoms. The number of halogens is 2.